The van der Waals surface area contributed by atoms with E-state index in [9.17, 15) is 4.57 Å². The lowest BCUT2D eigenvalue weighted by molar-refractivity contribution is 0.412. The average molecular weight is 348 g/mol. The average Bonchev–Trinajstić information content (AvgIpc) is 3.33. The predicted octanol–water partition coefficient (Wildman–Crippen LogP) is 6.50. The van der Waals surface area contributed by atoms with Crippen LogP contribution in [0.25, 0.3) is 10.8 Å². The monoisotopic (exact) mass is 348 g/mol. The smallest absolute Gasteiger partial charge is 0.365 e. The van der Waals surface area contributed by atoms with Crippen molar-refractivity contribution in [3.63, 3.8) is 0 Å². The van der Waals surface area contributed by atoms with Crippen LogP contribution >= 0.6 is 8.25 Å². The van der Waals surface area contributed by atoms with Crippen molar-refractivity contribution in [1.82, 2.24) is 0 Å². The molecule has 3 nitrogen and oxygen atoms in total. The van der Waals surface area contributed by atoms with Gasteiger partial charge in [0.15, 0.2) is 0 Å². The molecule has 2 aliphatic carbocycles. The summed E-state index contributed by atoms with van der Waals surface area (Å²) in [5, 5.41) is 1.84. The van der Waals surface area contributed by atoms with Crippen molar-refractivity contribution in [2.24, 2.45) is 0 Å². The second-order valence-electron chi connectivity index (χ2n) is 6.38. The molecule has 0 aliphatic heterocycles. The Kier molecular flexibility index (Phi) is 8.94. The second kappa shape index (κ2) is 11.3. The first-order valence-corrected chi connectivity index (χ1v) is 10.4. The van der Waals surface area contributed by atoms with Crippen LogP contribution in [-0.4, -0.2) is 4.89 Å². The van der Waals surface area contributed by atoms with E-state index in [0.29, 0.717) is 5.75 Å². The highest BCUT2D eigenvalue weighted by atomic mass is 31.1. The van der Waals surface area contributed by atoms with Crippen LogP contribution in [0.15, 0.2) is 42.5 Å². The van der Waals surface area contributed by atoms with Gasteiger partial charge in [0, 0.05) is 5.39 Å². The molecule has 24 heavy (non-hydrogen) atoms. The number of hydrogen-bond donors (Lipinski definition) is 1. The van der Waals surface area contributed by atoms with Gasteiger partial charge in [-0.1, -0.05) is 101 Å². The Hall–Kier alpha value is -1.31. The summed E-state index contributed by atoms with van der Waals surface area (Å²) in [6.07, 6.45) is 15.0. The molecule has 0 amide bonds. The molecule has 2 aliphatic rings. The van der Waals surface area contributed by atoms with E-state index in [1.165, 1.54) is 64.2 Å². The molecule has 0 aromatic heterocycles. The number of fused-ring (bicyclic) bond motifs is 1. The van der Waals surface area contributed by atoms with E-state index in [4.69, 9.17) is 9.42 Å². The highest BCUT2D eigenvalue weighted by Crippen LogP contribution is 2.30. The Bertz CT molecular complexity index is 589. The summed E-state index contributed by atoms with van der Waals surface area (Å²) in [4.78, 5) is 8.69. The normalized spacial score (nSPS) is 17.4. The summed E-state index contributed by atoms with van der Waals surface area (Å²) in [5.74, 6) is 0.453. The van der Waals surface area contributed by atoms with Crippen molar-refractivity contribution in [3.8, 4) is 5.75 Å². The van der Waals surface area contributed by atoms with Gasteiger partial charge >= 0.3 is 8.25 Å². The standard InChI is InChI=1S/C10H9O3P.2C5H10/c11-14(12)13-10-7-3-5-8-4-1-2-6-9(8)10;2*1-2-4-5-3-1/h1-7,14H,(H,11,12);2*1-5H2. The van der Waals surface area contributed by atoms with E-state index in [1.54, 1.807) is 12.1 Å². The summed E-state index contributed by atoms with van der Waals surface area (Å²) in [5.41, 5.74) is 0. The quantitative estimate of drug-likeness (QED) is 0.630. The van der Waals surface area contributed by atoms with Gasteiger partial charge < -0.3 is 9.42 Å². The van der Waals surface area contributed by atoms with Crippen molar-refractivity contribution in [1.29, 1.82) is 0 Å². The molecular weight excluding hydrogens is 319 g/mol. The van der Waals surface area contributed by atoms with Gasteiger partial charge in [0.05, 0.1) is 0 Å². The van der Waals surface area contributed by atoms with E-state index >= 15 is 0 Å². The fraction of sp³-hybridized carbons (Fsp3) is 0.500. The van der Waals surface area contributed by atoms with Crippen LogP contribution in [0.3, 0.4) is 0 Å². The topological polar surface area (TPSA) is 46.5 Å². The van der Waals surface area contributed by atoms with E-state index in [1.807, 2.05) is 30.3 Å². The van der Waals surface area contributed by atoms with Gasteiger partial charge in [-0.05, 0) is 11.5 Å². The molecule has 2 aromatic rings. The van der Waals surface area contributed by atoms with Crippen LogP contribution in [0.2, 0.25) is 0 Å². The molecule has 0 bridgehead atoms. The molecule has 0 radical (unpaired) electrons. The largest absolute Gasteiger partial charge is 0.426 e. The third-order valence-corrected chi connectivity index (χ3v) is 4.84. The van der Waals surface area contributed by atoms with Crippen LogP contribution in [0, 0.1) is 0 Å². The molecular formula is C20H29O3P. The van der Waals surface area contributed by atoms with Crippen LogP contribution < -0.4 is 4.52 Å². The summed E-state index contributed by atoms with van der Waals surface area (Å²) >= 11 is 0. The maximum absolute atomic E-state index is 10.6. The van der Waals surface area contributed by atoms with Crippen molar-refractivity contribution < 1.29 is 14.0 Å². The Morgan fingerprint density at radius 1 is 0.708 bits per heavy atom. The van der Waals surface area contributed by atoms with Gasteiger partial charge in [0.2, 0.25) is 0 Å². The third kappa shape index (κ3) is 7.07. The minimum atomic E-state index is -2.93. The maximum Gasteiger partial charge on any atom is 0.365 e. The molecule has 1 N–H and O–H groups in total. The highest BCUT2D eigenvalue weighted by Gasteiger charge is 2.02. The second-order valence-corrected chi connectivity index (χ2v) is 7.12. The van der Waals surface area contributed by atoms with Crippen LogP contribution in [-0.2, 0) is 4.57 Å². The summed E-state index contributed by atoms with van der Waals surface area (Å²) in [6, 6.07) is 13.0. The van der Waals surface area contributed by atoms with Crippen LogP contribution in [0.4, 0.5) is 0 Å². The zero-order valence-electron chi connectivity index (χ0n) is 14.4. The molecule has 2 saturated carbocycles. The van der Waals surface area contributed by atoms with Gasteiger partial charge in [-0.3, -0.25) is 0 Å². The third-order valence-electron chi connectivity index (χ3n) is 4.45. The first-order valence-electron chi connectivity index (χ1n) is 9.16. The number of benzene rings is 2. The molecule has 132 valence electrons. The molecule has 4 heteroatoms. The lowest BCUT2D eigenvalue weighted by Crippen LogP contribution is -1.81. The Balaban J connectivity index is 0.000000169. The van der Waals surface area contributed by atoms with E-state index in [-0.39, 0.29) is 0 Å². The van der Waals surface area contributed by atoms with Crippen LogP contribution in [0.1, 0.15) is 64.2 Å². The molecule has 1 atom stereocenters. The van der Waals surface area contributed by atoms with E-state index in [0.717, 1.165) is 10.8 Å². The zero-order chi connectivity index (χ0) is 17.0. The van der Waals surface area contributed by atoms with E-state index < -0.39 is 8.25 Å². The van der Waals surface area contributed by atoms with Crippen molar-refractivity contribution in [2.45, 2.75) is 64.2 Å². The maximum atomic E-state index is 10.6. The van der Waals surface area contributed by atoms with Gasteiger partial charge in [0.1, 0.15) is 5.75 Å². The minimum Gasteiger partial charge on any atom is -0.426 e. The first-order chi connectivity index (χ1) is 11.8. The fourth-order valence-electron chi connectivity index (χ4n) is 3.15. The Labute approximate surface area is 146 Å². The molecule has 4 rings (SSSR count). The first kappa shape index (κ1) is 19.0. The molecule has 0 spiro atoms. The van der Waals surface area contributed by atoms with Crippen molar-refractivity contribution in [2.75, 3.05) is 0 Å². The minimum absolute atomic E-state index is 0.453. The van der Waals surface area contributed by atoms with Gasteiger partial charge in [-0.25, -0.2) is 4.57 Å². The molecule has 2 fully saturated rings. The van der Waals surface area contributed by atoms with E-state index in [2.05, 4.69) is 0 Å². The Morgan fingerprint density at radius 3 is 1.67 bits per heavy atom. The Morgan fingerprint density at radius 2 is 1.17 bits per heavy atom. The lowest BCUT2D eigenvalue weighted by atomic mass is 10.1. The van der Waals surface area contributed by atoms with Gasteiger partial charge in [-0.2, -0.15) is 0 Å². The number of hydrogen-bond acceptors (Lipinski definition) is 2. The van der Waals surface area contributed by atoms with Crippen molar-refractivity contribution >= 4 is 19.0 Å². The summed E-state index contributed by atoms with van der Waals surface area (Å²) in [6.45, 7) is 0. The molecule has 0 heterocycles. The molecule has 0 saturated heterocycles. The molecule has 1 unspecified atom stereocenters. The summed E-state index contributed by atoms with van der Waals surface area (Å²) < 4.78 is 15.4. The summed E-state index contributed by atoms with van der Waals surface area (Å²) in [7, 11) is -2.93. The lowest BCUT2D eigenvalue weighted by Gasteiger charge is -2.05. The highest BCUT2D eigenvalue weighted by molar-refractivity contribution is 7.32. The van der Waals surface area contributed by atoms with Crippen molar-refractivity contribution in [3.05, 3.63) is 42.5 Å². The predicted molar refractivity (Wildman–Crippen MR) is 102 cm³/mol. The van der Waals surface area contributed by atoms with Gasteiger partial charge in [0.25, 0.3) is 0 Å². The fourth-order valence-corrected chi connectivity index (χ4v) is 3.51. The zero-order valence-corrected chi connectivity index (χ0v) is 15.4. The molecule has 2 aromatic carbocycles. The SMILES string of the molecule is C1CCCC1.C1CCCC1.O=[PH](O)Oc1cccc2ccccc12. The van der Waals surface area contributed by atoms with Crippen LogP contribution in [0.5, 0.6) is 5.75 Å². The van der Waals surface area contributed by atoms with Gasteiger partial charge in [-0.15, -0.1) is 0 Å². The number of rotatable bonds is 2.